The number of ketones is 1. The minimum absolute atomic E-state index is 0.226. The molecule has 0 aromatic heterocycles. The van der Waals surface area contributed by atoms with Crippen molar-refractivity contribution in [2.75, 3.05) is 7.11 Å². The molecule has 0 aliphatic heterocycles. The lowest BCUT2D eigenvalue weighted by Gasteiger charge is -2.23. The van der Waals surface area contributed by atoms with Gasteiger partial charge in [-0.05, 0) is 52.2 Å². The first-order valence-corrected chi connectivity index (χ1v) is 7.95. The molecular formula is C19H26O5. The van der Waals surface area contributed by atoms with Gasteiger partial charge < -0.3 is 9.47 Å². The molecule has 1 aromatic carbocycles. The van der Waals surface area contributed by atoms with Crippen molar-refractivity contribution >= 4 is 17.7 Å². The Bertz CT molecular complexity index is 595. The summed E-state index contributed by atoms with van der Waals surface area (Å²) in [4.78, 5) is 35.6. The number of methoxy groups -OCH3 is 1. The van der Waals surface area contributed by atoms with Gasteiger partial charge in [0.1, 0.15) is 17.3 Å². The van der Waals surface area contributed by atoms with Crippen LogP contribution < -0.4 is 0 Å². The Morgan fingerprint density at radius 2 is 1.58 bits per heavy atom. The van der Waals surface area contributed by atoms with Gasteiger partial charge in [-0.25, -0.2) is 0 Å². The van der Waals surface area contributed by atoms with Crippen molar-refractivity contribution < 1.29 is 23.9 Å². The lowest BCUT2D eigenvalue weighted by atomic mass is 9.93. The monoisotopic (exact) mass is 334 g/mol. The van der Waals surface area contributed by atoms with Gasteiger partial charge in [-0.15, -0.1) is 0 Å². The summed E-state index contributed by atoms with van der Waals surface area (Å²) >= 11 is 0. The highest BCUT2D eigenvalue weighted by Gasteiger charge is 2.29. The Hall–Kier alpha value is -2.17. The van der Waals surface area contributed by atoms with Crippen LogP contribution in [0.15, 0.2) is 24.3 Å². The van der Waals surface area contributed by atoms with Gasteiger partial charge in [0.05, 0.1) is 13.0 Å². The Balaban J connectivity index is 2.87. The van der Waals surface area contributed by atoms with E-state index in [1.165, 1.54) is 14.0 Å². The number of Topliss-reactive ketones (excluding diaryl/α,β-unsaturated/α-hetero) is 1. The SMILES string of the molecule is COC(=O)C(C)c1ccc(CC(C(C)=O)C(=O)OC(C)(C)C)cc1. The number of carbonyl (C=O) groups is 3. The third kappa shape index (κ3) is 5.80. The predicted molar refractivity (Wildman–Crippen MR) is 90.6 cm³/mol. The van der Waals surface area contributed by atoms with Crippen LogP contribution in [0.5, 0.6) is 0 Å². The zero-order valence-electron chi connectivity index (χ0n) is 15.2. The molecule has 0 saturated heterocycles. The van der Waals surface area contributed by atoms with E-state index in [1.54, 1.807) is 27.7 Å². The highest BCUT2D eigenvalue weighted by Crippen LogP contribution is 2.20. The molecule has 5 nitrogen and oxygen atoms in total. The Morgan fingerprint density at radius 3 is 2.00 bits per heavy atom. The van der Waals surface area contributed by atoms with Crippen LogP contribution in [0.1, 0.15) is 51.7 Å². The van der Waals surface area contributed by atoms with Crippen molar-refractivity contribution in [1.29, 1.82) is 0 Å². The Morgan fingerprint density at radius 1 is 1.04 bits per heavy atom. The fraction of sp³-hybridized carbons (Fsp3) is 0.526. The predicted octanol–water partition coefficient (Wildman–Crippen LogP) is 3.05. The summed E-state index contributed by atoms with van der Waals surface area (Å²) in [5, 5.41) is 0. The average molecular weight is 334 g/mol. The van der Waals surface area contributed by atoms with Gasteiger partial charge >= 0.3 is 11.9 Å². The van der Waals surface area contributed by atoms with E-state index in [-0.39, 0.29) is 24.1 Å². The van der Waals surface area contributed by atoms with Crippen LogP contribution >= 0.6 is 0 Å². The molecule has 0 bridgehead atoms. The van der Waals surface area contributed by atoms with Crippen LogP contribution in [0.4, 0.5) is 0 Å². The van der Waals surface area contributed by atoms with E-state index in [0.717, 1.165) is 11.1 Å². The molecule has 0 amide bonds. The fourth-order valence-corrected chi connectivity index (χ4v) is 2.26. The smallest absolute Gasteiger partial charge is 0.317 e. The van der Waals surface area contributed by atoms with Gasteiger partial charge in [-0.2, -0.15) is 0 Å². The molecule has 0 heterocycles. The first-order chi connectivity index (χ1) is 11.0. The Kier molecular flexibility index (Phi) is 6.70. The van der Waals surface area contributed by atoms with Gasteiger partial charge in [0, 0.05) is 0 Å². The molecule has 0 saturated carbocycles. The molecular weight excluding hydrogens is 308 g/mol. The minimum Gasteiger partial charge on any atom is -0.469 e. The van der Waals surface area contributed by atoms with Crippen LogP contribution in [0.25, 0.3) is 0 Å². The second-order valence-corrected chi connectivity index (χ2v) is 6.89. The summed E-state index contributed by atoms with van der Waals surface area (Å²) < 4.78 is 10.0. The maximum atomic E-state index is 12.2. The van der Waals surface area contributed by atoms with Crippen molar-refractivity contribution in [2.45, 2.75) is 52.6 Å². The van der Waals surface area contributed by atoms with Gasteiger partial charge in [-0.1, -0.05) is 24.3 Å². The molecule has 0 radical (unpaired) electrons. The zero-order valence-corrected chi connectivity index (χ0v) is 15.2. The second-order valence-electron chi connectivity index (χ2n) is 6.89. The van der Waals surface area contributed by atoms with Crippen molar-refractivity contribution in [3.63, 3.8) is 0 Å². The molecule has 0 aliphatic rings. The summed E-state index contributed by atoms with van der Waals surface area (Å²) in [7, 11) is 1.35. The van der Waals surface area contributed by atoms with Crippen molar-refractivity contribution in [2.24, 2.45) is 5.92 Å². The van der Waals surface area contributed by atoms with Gasteiger partial charge in [-0.3, -0.25) is 14.4 Å². The summed E-state index contributed by atoms with van der Waals surface area (Å²) in [5.74, 6) is -2.23. The van der Waals surface area contributed by atoms with Crippen molar-refractivity contribution in [1.82, 2.24) is 0 Å². The van der Waals surface area contributed by atoms with E-state index in [1.807, 2.05) is 24.3 Å². The maximum Gasteiger partial charge on any atom is 0.317 e. The Labute approximate surface area is 143 Å². The molecule has 2 atom stereocenters. The minimum atomic E-state index is -0.826. The van der Waals surface area contributed by atoms with E-state index in [9.17, 15) is 14.4 Å². The summed E-state index contributed by atoms with van der Waals surface area (Å²) in [5.41, 5.74) is 1.02. The zero-order chi connectivity index (χ0) is 18.5. The van der Waals surface area contributed by atoms with Crippen LogP contribution in [-0.2, 0) is 30.3 Å². The summed E-state index contributed by atoms with van der Waals surface area (Å²) in [6.45, 7) is 8.46. The topological polar surface area (TPSA) is 69.7 Å². The van der Waals surface area contributed by atoms with E-state index >= 15 is 0 Å². The molecule has 1 rings (SSSR count). The number of carbonyl (C=O) groups excluding carboxylic acids is 3. The molecule has 0 aliphatic carbocycles. The normalized spacial score (nSPS) is 13.8. The average Bonchev–Trinajstić information content (AvgIpc) is 2.49. The lowest BCUT2D eigenvalue weighted by Crippen LogP contribution is -2.33. The van der Waals surface area contributed by atoms with Gasteiger partial charge in [0.2, 0.25) is 0 Å². The van der Waals surface area contributed by atoms with Gasteiger partial charge in [0.15, 0.2) is 0 Å². The third-order valence-electron chi connectivity index (χ3n) is 3.66. The standard InChI is InChI=1S/C19H26O5/c1-12(17(21)23-6)15-9-7-14(8-10-15)11-16(13(2)20)18(22)24-19(3,4)5/h7-10,12,16H,11H2,1-6H3. The van der Waals surface area contributed by atoms with E-state index in [4.69, 9.17) is 9.47 Å². The number of hydrogen-bond acceptors (Lipinski definition) is 5. The van der Waals surface area contributed by atoms with Crippen molar-refractivity contribution in [3.8, 4) is 0 Å². The van der Waals surface area contributed by atoms with Crippen LogP contribution in [0.3, 0.4) is 0 Å². The highest BCUT2D eigenvalue weighted by atomic mass is 16.6. The number of rotatable bonds is 6. The largest absolute Gasteiger partial charge is 0.469 e. The first-order valence-electron chi connectivity index (χ1n) is 7.95. The van der Waals surface area contributed by atoms with E-state index in [2.05, 4.69) is 0 Å². The fourth-order valence-electron chi connectivity index (χ4n) is 2.26. The molecule has 0 N–H and O–H groups in total. The van der Waals surface area contributed by atoms with Crippen LogP contribution in [0.2, 0.25) is 0 Å². The van der Waals surface area contributed by atoms with E-state index < -0.39 is 17.5 Å². The van der Waals surface area contributed by atoms with Crippen molar-refractivity contribution in [3.05, 3.63) is 35.4 Å². The summed E-state index contributed by atoms with van der Waals surface area (Å²) in [6.07, 6.45) is 0.275. The number of benzene rings is 1. The number of hydrogen-bond donors (Lipinski definition) is 0. The molecule has 132 valence electrons. The van der Waals surface area contributed by atoms with Crippen LogP contribution in [0, 0.1) is 5.92 Å². The van der Waals surface area contributed by atoms with Crippen LogP contribution in [-0.4, -0.2) is 30.4 Å². The highest BCUT2D eigenvalue weighted by molar-refractivity contribution is 5.98. The quantitative estimate of drug-likeness (QED) is 0.591. The molecule has 0 fully saturated rings. The second kappa shape index (κ2) is 8.08. The third-order valence-corrected chi connectivity index (χ3v) is 3.66. The maximum absolute atomic E-state index is 12.2. The summed E-state index contributed by atoms with van der Waals surface area (Å²) in [6, 6.07) is 7.25. The molecule has 2 unspecified atom stereocenters. The van der Waals surface area contributed by atoms with E-state index in [0.29, 0.717) is 0 Å². The number of esters is 2. The molecule has 1 aromatic rings. The molecule has 24 heavy (non-hydrogen) atoms. The first kappa shape index (κ1) is 19.9. The number of ether oxygens (including phenoxy) is 2. The molecule has 0 spiro atoms. The lowest BCUT2D eigenvalue weighted by molar-refractivity contribution is -0.161. The molecule has 5 heteroatoms. The van der Waals surface area contributed by atoms with Gasteiger partial charge in [0.25, 0.3) is 0 Å².